The molecule has 3 rings (SSSR count). The summed E-state index contributed by atoms with van der Waals surface area (Å²) in [6, 6.07) is 6.17. The number of carbonyl (C=O) groups is 2. The number of hydrogen-bond donors (Lipinski definition) is 1. The maximum absolute atomic E-state index is 12.6. The smallest absolute Gasteiger partial charge is 0.263 e. The average Bonchev–Trinajstić information content (AvgIpc) is 2.61. The van der Waals surface area contributed by atoms with E-state index in [4.69, 9.17) is 10.5 Å². The normalized spacial score (nSPS) is 19.5. The SMILES string of the molecule is C[C@H](Oc1ccc2c(c1)CCCC2)C(=O)N1CCC(C(N)=O)CC1. The molecule has 5 heteroatoms. The molecule has 0 radical (unpaired) electrons. The lowest BCUT2D eigenvalue weighted by molar-refractivity contribution is -0.140. The molecule has 0 saturated carbocycles. The summed E-state index contributed by atoms with van der Waals surface area (Å²) < 4.78 is 5.89. The third-order valence-electron chi connectivity index (χ3n) is 5.19. The second-order valence-corrected chi connectivity index (χ2v) is 6.90. The third kappa shape index (κ3) is 3.71. The molecule has 0 aromatic heterocycles. The van der Waals surface area contributed by atoms with Gasteiger partial charge in [0.15, 0.2) is 6.10 Å². The number of nitrogens with zero attached hydrogens (tertiary/aromatic N) is 1. The van der Waals surface area contributed by atoms with E-state index in [9.17, 15) is 9.59 Å². The molecule has 5 nitrogen and oxygen atoms in total. The topological polar surface area (TPSA) is 72.6 Å². The summed E-state index contributed by atoms with van der Waals surface area (Å²) in [6.07, 6.45) is 5.48. The molecule has 1 fully saturated rings. The molecule has 1 saturated heterocycles. The van der Waals surface area contributed by atoms with E-state index in [0.29, 0.717) is 25.9 Å². The predicted octanol–water partition coefficient (Wildman–Crippen LogP) is 2.06. The summed E-state index contributed by atoms with van der Waals surface area (Å²) in [7, 11) is 0. The van der Waals surface area contributed by atoms with Crippen LogP contribution in [0.1, 0.15) is 43.7 Å². The highest BCUT2D eigenvalue weighted by atomic mass is 16.5. The van der Waals surface area contributed by atoms with Crippen molar-refractivity contribution in [2.75, 3.05) is 13.1 Å². The Balaban J connectivity index is 1.57. The molecule has 1 aromatic rings. The first-order valence-electron chi connectivity index (χ1n) is 8.91. The van der Waals surface area contributed by atoms with Crippen LogP contribution in [-0.4, -0.2) is 35.9 Å². The van der Waals surface area contributed by atoms with E-state index in [0.717, 1.165) is 18.6 Å². The summed E-state index contributed by atoms with van der Waals surface area (Å²) in [6.45, 7) is 2.94. The fourth-order valence-corrected chi connectivity index (χ4v) is 3.68. The summed E-state index contributed by atoms with van der Waals surface area (Å²) in [5, 5.41) is 0. The van der Waals surface area contributed by atoms with Gasteiger partial charge in [0, 0.05) is 19.0 Å². The predicted molar refractivity (Wildman–Crippen MR) is 91.7 cm³/mol. The van der Waals surface area contributed by atoms with E-state index >= 15 is 0 Å². The van der Waals surface area contributed by atoms with Crippen molar-refractivity contribution in [3.05, 3.63) is 29.3 Å². The number of hydrogen-bond acceptors (Lipinski definition) is 3. The number of rotatable bonds is 4. The van der Waals surface area contributed by atoms with E-state index in [1.54, 1.807) is 11.8 Å². The number of primary amides is 1. The van der Waals surface area contributed by atoms with Crippen LogP contribution in [0.15, 0.2) is 18.2 Å². The molecule has 0 unspecified atom stereocenters. The second kappa shape index (κ2) is 7.24. The molecule has 1 heterocycles. The number of aryl methyl sites for hydroxylation is 2. The maximum atomic E-state index is 12.6. The number of ether oxygens (including phenoxy) is 1. The lowest BCUT2D eigenvalue weighted by Crippen LogP contribution is -2.46. The van der Waals surface area contributed by atoms with Gasteiger partial charge in [-0.1, -0.05) is 6.07 Å². The van der Waals surface area contributed by atoms with Gasteiger partial charge in [0.25, 0.3) is 5.91 Å². The van der Waals surface area contributed by atoms with Crippen molar-refractivity contribution in [2.45, 2.75) is 51.6 Å². The first-order chi connectivity index (χ1) is 11.5. The molecule has 24 heavy (non-hydrogen) atoms. The zero-order valence-electron chi connectivity index (χ0n) is 14.3. The molecular formula is C19H26N2O3. The second-order valence-electron chi connectivity index (χ2n) is 6.90. The third-order valence-corrected chi connectivity index (χ3v) is 5.19. The Morgan fingerprint density at radius 2 is 1.83 bits per heavy atom. The summed E-state index contributed by atoms with van der Waals surface area (Å²) in [5.74, 6) is 0.380. The summed E-state index contributed by atoms with van der Waals surface area (Å²) in [5.41, 5.74) is 8.09. The molecule has 2 aliphatic rings. The van der Waals surface area contributed by atoms with Crippen molar-refractivity contribution in [1.29, 1.82) is 0 Å². The summed E-state index contributed by atoms with van der Waals surface area (Å²) >= 11 is 0. The first kappa shape index (κ1) is 16.8. The van der Waals surface area contributed by atoms with Crippen LogP contribution in [0.25, 0.3) is 0 Å². The molecule has 130 valence electrons. The van der Waals surface area contributed by atoms with Crippen LogP contribution in [0, 0.1) is 5.92 Å². The van der Waals surface area contributed by atoms with Gasteiger partial charge in [-0.25, -0.2) is 0 Å². The van der Waals surface area contributed by atoms with Crippen LogP contribution in [0.4, 0.5) is 0 Å². The van der Waals surface area contributed by atoms with Crippen molar-refractivity contribution in [2.24, 2.45) is 11.7 Å². The van der Waals surface area contributed by atoms with Crippen LogP contribution in [-0.2, 0) is 22.4 Å². The van der Waals surface area contributed by atoms with Crippen molar-refractivity contribution in [3.63, 3.8) is 0 Å². The van der Waals surface area contributed by atoms with Crippen LogP contribution in [0.2, 0.25) is 0 Å². The Morgan fingerprint density at radius 3 is 2.50 bits per heavy atom. The number of likely N-dealkylation sites (tertiary alicyclic amines) is 1. The van der Waals surface area contributed by atoms with Gasteiger partial charge in [-0.3, -0.25) is 9.59 Å². The van der Waals surface area contributed by atoms with E-state index in [2.05, 4.69) is 12.1 Å². The molecular weight excluding hydrogens is 304 g/mol. The van der Waals surface area contributed by atoms with Gasteiger partial charge in [0.05, 0.1) is 0 Å². The number of benzene rings is 1. The van der Waals surface area contributed by atoms with Gasteiger partial charge in [0.1, 0.15) is 5.75 Å². The van der Waals surface area contributed by atoms with Gasteiger partial charge in [-0.2, -0.15) is 0 Å². The Kier molecular flexibility index (Phi) is 5.07. The Hall–Kier alpha value is -2.04. The lowest BCUT2D eigenvalue weighted by atomic mass is 9.92. The van der Waals surface area contributed by atoms with Gasteiger partial charge in [-0.05, 0) is 68.7 Å². The zero-order valence-corrected chi connectivity index (χ0v) is 14.3. The Morgan fingerprint density at radius 1 is 1.17 bits per heavy atom. The minimum atomic E-state index is -0.517. The minimum Gasteiger partial charge on any atom is -0.481 e. The number of amides is 2. The van der Waals surface area contributed by atoms with Gasteiger partial charge in [-0.15, -0.1) is 0 Å². The van der Waals surface area contributed by atoms with Crippen LogP contribution in [0.3, 0.4) is 0 Å². The van der Waals surface area contributed by atoms with Crippen LogP contribution < -0.4 is 10.5 Å². The molecule has 2 N–H and O–H groups in total. The number of carbonyl (C=O) groups excluding carboxylic acids is 2. The van der Waals surface area contributed by atoms with Gasteiger partial charge < -0.3 is 15.4 Å². The van der Waals surface area contributed by atoms with Gasteiger partial charge >= 0.3 is 0 Å². The average molecular weight is 330 g/mol. The highest BCUT2D eigenvalue weighted by molar-refractivity contribution is 5.82. The van der Waals surface area contributed by atoms with Gasteiger partial charge in [0.2, 0.25) is 5.91 Å². The molecule has 0 bridgehead atoms. The standard InChI is InChI=1S/C19H26N2O3/c1-13(19(23)21-10-8-15(9-11-21)18(20)22)24-17-7-6-14-4-2-3-5-16(14)12-17/h6-7,12-13,15H,2-5,8-11H2,1H3,(H2,20,22)/t13-/m0/s1. The number of piperidine rings is 1. The van der Waals surface area contributed by atoms with E-state index in [-0.39, 0.29) is 17.7 Å². The van der Waals surface area contributed by atoms with Crippen molar-refractivity contribution in [3.8, 4) is 5.75 Å². The fourth-order valence-electron chi connectivity index (χ4n) is 3.68. The quantitative estimate of drug-likeness (QED) is 0.918. The molecule has 2 amide bonds. The summed E-state index contributed by atoms with van der Waals surface area (Å²) in [4.78, 5) is 25.6. The van der Waals surface area contributed by atoms with E-state index < -0.39 is 6.10 Å². The highest BCUT2D eigenvalue weighted by Gasteiger charge is 2.29. The molecule has 1 aromatic carbocycles. The van der Waals surface area contributed by atoms with Crippen molar-refractivity contribution >= 4 is 11.8 Å². The Labute approximate surface area is 143 Å². The highest BCUT2D eigenvalue weighted by Crippen LogP contribution is 2.26. The number of nitrogens with two attached hydrogens (primary N) is 1. The lowest BCUT2D eigenvalue weighted by Gasteiger charge is -2.32. The molecule has 1 atom stereocenters. The molecule has 0 spiro atoms. The molecule has 1 aliphatic heterocycles. The molecule has 1 aliphatic carbocycles. The zero-order chi connectivity index (χ0) is 17.1. The largest absolute Gasteiger partial charge is 0.481 e. The van der Waals surface area contributed by atoms with Crippen molar-refractivity contribution < 1.29 is 14.3 Å². The maximum Gasteiger partial charge on any atom is 0.263 e. The van der Waals surface area contributed by atoms with E-state index in [1.165, 1.54) is 24.0 Å². The fraction of sp³-hybridized carbons (Fsp3) is 0.579. The van der Waals surface area contributed by atoms with Crippen LogP contribution in [0.5, 0.6) is 5.75 Å². The van der Waals surface area contributed by atoms with Crippen molar-refractivity contribution in [1.82, 2.24) is 4.90 Å². The minimum absolute atomic E-state index is 0.0179. The first-order valence-corrected chi connectivity index (χ1v) is 8.91. The van der Waals surface area contributed by atoms with Crippen LogP contribution >= 0.6 is 0 Å². The van der Waals surface area contributed by atoms with E-state index in [1.807, 2.05) is 6.07 Å². The Bertz CT molecular complexity index is 621. The number of fused-ring (bicyclic) bond motifs is 1. The monoisotopic (exact) mass is 330 g/mol.